The van der Waals surface area contributed by atoms with Crippen LogP contribution in [0.5, 0.6) is 0 Å². The Labute approximate surface area is 120 Å². The minimum atomic E-state index is -1.46. The Bertz CT molecular complexity index is 402. The van der Waals surface area contributed by atoms with Gasteiger partial charge in [-0.05, 0) is 12.2 Å². The molecule has 0 unspecified atom stereocenters. The van der Waals surface area contributed by atoms with E-state index in [-0.39, 0.29) is 0 Å². The number of hydrogen-bond donors (Lipinski definition) is 2. The van der Waals surface area contributed by atoms with Gasteiger partial charge in [0.2, 0.25) is 0 Å². The van der Waals surface area contributed by atoms with Gasteiger partial charge >= 0.3 is 0 Å². The van der Waals surface area contributed by atoms with Gasteiger partial charge in [0, 0.05) is 19.6 Å². The average Bonchev–Trinajstić information content (AvgIpc) is 2.48. The predicted molar refractivity (Wildman–Crippen MR) is 83.5 cm³/mol. The number of rotatable bonds is 12. The number of nitrogens with one attached hydrogen (secondary N) is 2. The molecule has 0 saturated heterocycles. The summed E-state index contributed by atoms with van der Waals surface area (Å²) in [5.41, 5.74) is -1.46. The normalized spacial score (nSPS) is 11.0. The molecule has 0 aliphatic rings. The molecular formula is C16H22N2O2. The van der Waals surface area contributed by atoms with E-state index < -0.39 is 17.1 Å². The van der Waals surface area contributed by atoms with Crippen LogP contribution in [0.15, 0.2) is 62.8 Å². The average molecular weight is 274 g/mol. The summed E-state index contributed by atoms with van der Waals surface area (Å²) in [6.45, 7) is 15.5. The lowest BCUT2D eigenvalue weighted by atomic mass is 9.87. The van der Waals surface area contributed by atoms with Gasteiger partial charge < -0.3 is 5.32 Å². The quantitative estimate of drug-likeness (QED) is 0.244. The summed E-state index contributed by atoms with van der Waals surface area (Å²) in [6.07, 6.45) is 8.78. The maximum Gasteiger partial charge on any atom is 0.187 e. The smallest absolute Gasteiger partial charge is 0.187 e. The van der Waals surface area contributed by atoms with Crippen LogP contribution in [0, 0.1) is 0 Å². The van der Waals surface area contributed by atoms with Crippen molar-refractivity contribution >= 4 is 11.6 Å². The fraction of sp³-hybridized carbons (Fsp3) is 0.250. The van der Waals surface area contributed by atoms with E-state index in [4.69, 9.17) is 0 Å². The number of ketones is 2. The van der Waals surface area contributed by atoms with Crippen LogP contribution in [0.1, 0.15) is 0 Å². The minimum Gasteiger partial charge on any atom is -0.310 e. The topological polar surface area (TPSA) is 58.2 Å². The van der Waals surface area contributed by atoms with Gasteiger partial charge in [-0.25, -0.2) is 0 Å². The zero-order chi connectivity index (χ0) is 15.4. The molecule has 0 aromatic carbocycles. The summed E-state index contributed by atoms with van der Waals surface area (Å²) in [5.74, 6) is -0.853. The molecule has 0 aliphatic carbocycles. The van der Waals surface area contributed by atoms with Crippen LogP contribution >= 0.6 is 0 Å². The number of hydrogen-bond acceptors (Lipinski definition) is 4. The number of carbonyl (C=O) groups excluding carboxylic acids is 2. The third kappa shape index (κ3) is 4.91. The maximum atomic E-state index is 12.1. The monoisotopic (exact) mass is 274 g/mol. The van der Waals surface area contributed by atoms with Gasteiger partial charge in [0.1, 0.15) is 0 Å². The maximum absolute atomic E-state index is 12.1. The molecule has 0 bridgehead atoms. The second-order valence-electron chi connectivity index (χ2n) is 3.96. The van der Waals surface area contributed by atoms with Gasteiger partial charge in [0.25, 0.3) is 0 Å². The van der Waals surface area contributed by atoms with Crippen molar-refractivity contribution in [2.45, 2.75) is 5.54 Å². The summed E-state index contributed by atoms with van der Waals surface area (Å²) < 4.78 is 0. The van der Waals surface area contributed by atoms with E-state index in [9.17, 15) is 9.59 Å². The highest BCUT2D eigenvalue weighted by molar-refractivity contribution is 6.21. The van der Waals surface area contributed by atoms with Crippen molar-refractivity contribution < 1.29 is 9.59 Å². The van der Waals surface area contributed by atoms with E-state index in [1.165, 1.54) is 6.08 Å². The van der Waals surface area contributed by atoms with Crippen molar-refractivity contribution in [3.8, 4) is 0 Å². The van der Waals surface area contributed by atoms with Crippen LogP contribution in [0.25, 0.3) is 0 Å². The summed E-state index contributed by atoms with van der Waals surface area (Å²) in [5, 5.41) is 5.93. The Kier molecular flexibility index (Phi) is 8.83. The van der Waals surface area contributed by atoms with Gasteiger partial charge in [0.05, 0.1) is 0 Å². The van der Waals surface area contributed by atoms with E-state index in [1.807, 2.05) is 0 Å². The molecular weight excluding hydrogens is 252 g/mol. The molecule has 0 saturated carbocycles. The van der Waals surface area contributed by atoms with E-state index in [2.05, 4.69) is 36.9 Å². The zero-order valence-electron chi connectivity index (χ0n) is 11.7. The summed E-state index contributed by atoms with van der Waals surface area (Å²) in [4.78, 5) is 24.2. The molecule has 0 atom stereocenters. The lowest BCUT2D eigenvalue weighted by Crippen LogP contribution is -2.55. The third-order valence-electron chi connectivity index (χ3n) is 2.59. The molecule has 0 aromatic rings. The van der Waals surface area contributed by atoms with Crippen molar-refractivity contribution in [1.82, 2.24) is 10.6 Å². The molecule has 0 radical (unpaired) electrons. The molecule has 20 heavy (non-hydrogen) atoms. The second kappa shape index (κ2) is 9.83. The Hall–Kier alpha value is -2.04. The fourth-order valence-electron chi connectivity index (χ4n) is 1.58. The summed E-state index contributed by atoms with van der Waals surface area (Å²) in [7, 11) is 0. The minimum absolute atomic E-state index is 0.309. The van der Waals surface area contributed by atoms with Gasteiger partial charge in [-0.1, -0.05) is 37.5 Å². The van der Waals surface area contributed by atoms with E-state index in [0.29, 0.717) is 19.6 Å². The fourth-order valence-corrected chi connectivity index (χ4v) is 1.58. The highest BCUT2D eigenvalue weighted by Crippen LogP contribution is 2.13. The van der Waals surface area contributed by atoms with Crippen molar-refractivity contribution in [3.05, 3.63) is 62.8 Å². The van der Waals surface area contributed by atoms with Gasteiger partial charge in [-0.2, -0.15) is 0 Å². The van der Waals surface area contributed by atoms with Crippen LogP contribution in [-0.4, -0.2) is 36.7 Å². The largest absolute Gasteiger partial charge is 0.310 e. The van der Waals surface area contributed by atoms with Gasteiger partial charge in [0.15, 0.2) is 17.1 Å². The summed E-state index contributed by atoms with van der Waals surface area (Å²) in [6, 6.07) is 0. The van der Waals surface area contributed by atoms with Crippen molar-refractivity contribution in [2.75, 3.05) is 19.6 Å². The lowest BCUT2D eigenvalue weighted by Gasteiger charge is -2.26. The van der Waals surface area contributed by atoms with Crippen molar-refractivity contribution in [2.24, 2.45) is 0 Å². The third-order valence-corrected chi connectivity index (χ3v) is 2.59. The van der Waals surface area contributed by atoms with Gasteiger partial charge in [-0.15, -0.1) is 13.2 Å². The van der Waals surface area contributed by atoms with Crippen LogP contribution in [0.4, 0.5) is 0 Å². The Morgan fingerprint density at radius 3 is 1.90 bits per heavy atom. The van der Waals surface area contributed by atoms with Crippen molar-refractivity contribution in [3.63, 3.8) is 0 Å². The molecule has 4 nitrogen and oxygen atoms in total. The lowest BCUT2D eigenvalue weighted by molar-refractivity contribution is -0.128. The SMILES string of the molecule is C=CCNCC=CC(NCC=C)(C(=O)C=C)C(=O)C=C. The molecule has 0 aliphatic heterocycles. The zero-order valence-corrected chi connectivity index (χ0v) is 11.7. The molecule has 2 N–H and O–H groups in total. The van der Waals surface area contributed by atoms with E-state index in [0.717, 1.165) is 12.2 Å². The standard InChI is InChI=1S/C16H22N2O2/c1-5-11-17-13-9-10-16(14(19)7-3,15(20)8-4)18-12-6-2/h5-10,17-18H,1-4,11-13H2. The molecule has 0 heterocycles. The first kappa shape index (κ1) is 18.0. The second-order valence-corrected chi connectivity index (χ2v) is 3.96. The van der Waals surface area contributed by atoms with Crippen LogP contribution in [0.3, 0.4) is 0 Å². The van der Waals surface area contributed by atoms with Crippen LogP contribution < -0.4 is 10.6 Å². The first-order chi connectivity index (χ1) is 9.58. The Balaban J connectivity index is 5.25. The molecule has 108 valence electrons. The van der Waals surface area contributed by atoms with Gasteiger partial charge in [-0.3, -0.25) is 14.9 Å². The van der Waals surface area contributed by atoms with Crippen LogP contribution in [0.2, 0.25) is 0 Å². The highest BCUT2D eigenvalue weighted by Gasteiger charge is 2.39. The Morgan fingerprint density at radius 2 is 1.45 bits per heavy atom. The molecule has 0 rings (SSSR count). The molecule has 0 fully saturated rings. The molecule has 0 amide bonds. The number of carbonyl (C=O) groups is 2. The summed E-state index contributed by atoms with van der Waals surface area (Å²) >= 11 is 0. The molecule has 0 spiro atoms. The van der Waals surface area contributed by atoms with E-state index >= 15 is 0 Å². The highest BCUT2D eigenvalue weighted by atomic mass is 16.2. The first-order valence-electron chi connectivity index (χ1n) is 6.28. The Morgan fingerprint density at radius 1 is 0.900 bits per heavy atom. The molecule has 0 aromatic heterocycles. The first-order valence-corrected chi connectivity index (χ1v) is 6.28. The van der Waals surface area contributed by atoms with E-state index in [1.54, 1.807) is 18.2 Å². The molecule has 4 heteroatoms. The van der Waals surface area contributed by atoms with Crippen molar-refractivity contribution in [1.29, 1.82) is 0 Å². The van der Waals surface area contributed by atoms with Crippen LogP contribution in [-0.2, 0) is 9.59 Å². The predicted octanol–water partition coefficient (Wildman–Crippen LogP) is 1.34.